The monoisotopic (exact) mass is 288 g/mol. The van der Waals surface area contributed by atoms with Crippen LogP contribution in [0.25, 0.3) is 0 Å². The minimum absolute atomic E-state index is 0.129. The van der Waals surface area contributed by atoms with Gasteiger partial charge in [-0.15, -0.1) is 0 Å². The van der Waals surface area contributed by atoms with Crippen LogP contribution in [0.3, 0.4) is 0 Å². The maximum atomic E-state index is 12.6. The molecule has 0 spiro atoms. The van der Waals surface area contributed by atoms with Gasteiger partial charge in [0, 0.05) is 5.69 Å². The first-order valence-electron chi connectivity index (χ1n) is 6.17. The van der Waals surface area contributed by atoms with E-state index < -0.39 is 29.1 Å². The summed E-state index contributed by atoms with van der Waals surface area (Å²) >= 11 is 0. The summed E-state index contributed by atoms with van der Waals surface area (Å²) in [6.07, 6.45) is -4.45. The zero-order valence-corrected chi connectivity index (χ0v) is 11.9. The van der Waals surface area contributed by atoms with Crippen molar-refractivity contribution in [3.63, 3.8) is 0 Å². The number of nitrogens with two attached hydrogens (primary N) is 1. The van der Waals surface area contributed by atoms with Crippen molar-refractivity contribution in [2.24, 2.45) is 11.1 Å². The molecule has 0 bridgehead atoms. The first kappa shape index (κ1) is 16.5. The topological polar surface area (TPSA) is 55.1 Å². The Morgan fingerprint density at radius 3 is 2.25 bits per heavy atom. The van der Waals surface area contributed by atoms with Gasteiger partial charge in [0.1, 0.15) is 0 Å². The van der Waals surface area contributed by atoms with Crippen molar-refractivity contribution in [1.29, 1.82) is 0 Å². The van der Waals surface area contributed by atoms with Crippen LogP contribution >= 0.6 is 0 Å². The van der Waals surface area contributed by atoms with Gasteiger partial charge in [-0.05, 0) is 30.0 Å². The van der Waals surface area contributed by atoms with Crippen molar-refractivity contribution in [3.05, 3.63) is 29.3 Å². The Balaban J connectivity index is 3.01. The zero-order valence-electron chi connectivity index (χ0n) is 11.9. The highest BCUT2D eigenvalue weighted by Crippen LogP contribution is 2.32. The minimum Gasteiger partial charge on any atom is -0.324 e. The number of hydrogen-bond acceptors (Lipinski definition) is 2. The second kappa shape index (κ2) is 5.44. The Labute approximate surface area is 116 Å². The van der Waals surface area contributed by atoms with E-state index >= 15 is 0 Å². The molecule has 3 N–H and O–H groups in total. The molecule has 112 valence electrons. The lowest BCUT2D eigenvalue weighted by molar-refractivity contribution is -0.137. The van der Waals surface area contributed by atoms with Gasteiger partial charge in [0.25, 0.3) is 0 Å². The van der Waals surface area contributed by atoms with Crippen LogP contribution in [0.15, 0.2) is 18.2 Å². The highest BCUT2D eigenvalue weighted by molar-refractivity contribution is 5.95. The number of hydrogen-bond donors (Lipinski definition) is 2. The fraction of sp³-hybridized carbons (Fsp3) is 0.500. The van der Waals surface area contributed by atoms with E-state index in [1.165, 1.54) is 6.07 Å². The van der Waals surface area contributed by atoms with Crippen LogP contribution in [0.2, 0.25) is 0 Å². The van der Waals surface area contributed by atoms with Crippen molar-refractivity contribution >= 4 is 11.6 Å². The fourth-order valence-electron chi connectivity index (χ4n) is 1.54. The number of anilines is 1. The molecule has 6 heteroatoms. The molecule has 3 nitrogen and oxygen atoms in total. The van der Waals surface area contributed by atoms with Crippen LogP contribution in [0.5, 0.6) is 0 Å². The molecule has 0 aliphatic rings. The van der Waals surface area contributed by atoms with Gasteiger partial charge in [-0.25, -0.2) is 0 Å². The normalized spacial score (nSPS) is 14.0. The summed E-state index contributed by atoms with van der Waals surface area (Å²) in [5.74, 6) is -0.500. The Kier molecular flexibility index (Phi) is 4.49. The van der Waals surface area contributed by atoms with Crippen LogP contribution in [0, 0.1) is 12.3 Å². The van der Waals surface area contributed by atoms with Gasteiger partial charge in [-0.2, -0.15) is 13.2 Å². The number of nitrogens with one attached hydrogen (secondary N) is 1. The average Bonchev–Trinajstić information content (AvgIpc) is 2.28. The van der Waals surface area contributed by atoms with Crippen molar-refractivity contribution in [2.45, 2.75) is 39.9 Å². The van der Waals surface area contributed by atoms with Gasteiger partial charge in [0.15, 0.2) is 0 Å². The van der Waals surface area contributed by atoms with Crippen LogP contribution in [-0.4, -0.2) is 11.9 Å². The molecule has 1 amide bonds. The number of carbonyl (C=O) groups is 1. The predicted molar refractivity (Wildman–Crippen MR) is 72.2 cm³/mol. The van der Waals surface area contributed by atoms with Gasteiger partial charge >= 0.3 is 6.18 Å². The van der Waals surface area contributed by atoms with Gasteiger partial charge in [0.2, 0.25) is 5.91 Å². The SMILES string of the molecule is Cc1ccc(C(F)(F)F)cc1NC(=O)C(N)C(C)(C)C. The molecule has 1 rings (SSSR count). The second-order valence-electron chi connectivity index (χ2n) is 5.86. The van der Waals surface area contributed by atoms with Gasteiger partial charge in [-0.1, -0.05) is 26.8 Å². The van der Waals surface area contributed by atoms with Crippen molar-refractivity contribution in [1.82, 2.24) is 0 Å². The van der Waals surface area contributed by atoms with Gasteiger partial charge < -0.3 is 11.1 Å². The van der Waals surface area contributed by atoms with Crippen LogP contribution in [-0.2, 0) is 11.0 Å². The van der Waals surface area contributed by atoms with E-state index in [0.717, 1.165) is 12.1 Å². The van der Waals surface area contributed by atoms with E-state index in [2.05, 4.69) is 5.32 Å². The lowest BCUT2D eigenvalue weighted by Crippen LogP contribution is -2.45. The molecule has 20 heavy (non-hydrogen) atoms. The fourth-order valence-corrected chi connectivity index (χ4v) is 1.54. The third-order valence-electron chi connectivity index (χ3n) is 3.04. The smallest absolute Gasteiger partial charge is 0.324 e. The number of halogens is 3. The Hall–Kier alpha value is -1.56. The standard InChI is InChI=1S/C14H19F3N2O/c1-8-5-6-9(14(15,16)17)7-10(8)19-12(20)11(18)13(2,3)4/h5-7,11H,18H2,1-4H3,(H,19,20). The second-order valence-corrected chi connectivity index (χ2v) is 5.86. The molecule has 0 aliphatic carbocycles. The molecule has 0 aromatic heterocycles. The number of benzene rings is 1. The minimum atomic E-state index is -4.45. The lowest BCUT2D eigenvalue weighted by atomic mass is 9.87. The third kappa shape index (κ3) is 3.96. The van der Waals surface area contributed by atoms with Crippen LogP contribution in [0.1, 0.15) is 31.9 Å². The van der Waals surface area contributed by atoms with E-state index in [4.69, 9.17) is 5.73 Å². The Morgan fingerprint density at radius 2 is 1.80 bits per heavy atom. The number of carbonyl (C=O) groups excluding carboxylic acids is 1. The molecule has 0 saturated heterocycles. The molecule has 0 saturated carbocycles. The summed E-state index contributed by atoms with van der Waals surface area (Å²) in [6, 6.07) is 2.41. The molecule has 0 fully saturated rings. The van der Waals surface area contributed by atoms with Crippen molar-refractivity contribution < 1.29 is 18.0 Å². The molecule has 0 radical (unpaired) electrons. The Bertz CT molecular complexity index is 504. The van der Waals surface area contributed by atoms with E-state index in [1.807, 2.05) is 0 Å². The van der Waals surface area contributed by atoms with Crippen LogP contribution < -0.4 is 11.1 Å². The highest BCUT2D eigenvalue weighted by Gasteiger charge is 2.32. The number of rotatable bonds is 2. The molecule has 0 aliphatic heterocycles. The average molecular weight is 288 g/mol. The molecule has 1 aromatic rings. The lowest BCUT2D eigenvalue weighted by Gasteiger charge is -2.26. The van der Waals surface area contributed by atoms with Crippen molar-refractivity contribution in [2.75, 3.05) is 5.32 Å². The summed E-state index contributed by atoms with van der Waals surface area (Å²) in [4.78, 5) is 12.0. The van der Waals surface area contributed by atoms with E-state index in [-0.39, 0.29) is 5.69 Å². The van der Waals surface area contributed by atoms with Gasteiger partial charge in [0.05, 0.1) is 11.6 Å². The van der Waals surface area contributed by atoms with E-state index in [9.17, 15) is 18.0 Å². The summed E-state index contributed by atoms with van der Waals surface area (Å²) < 4.78 is 37.9. The van der Waals surface area contributed by atoms with E-state index in [1.54, 1.807) is 27.7 Å². The first-order chi connectivity index (χ1) is 8.93. The maximum absolute atomic E-state index is 12.6. The first-order valence-corrected chi connectivity index (χ1v) is 6.17. The molecule has 0 heterocycles. The summed E-state index contributed by atoms with van der Waals surface area (Å²) in [5, 5.41) is 2.47. The zero-order chi connectivity index (χ0) is 15.7. The summed E-state index contributed by atoms with van der Waals surface area (Å²) in [5.41, 5.74) is 5.18. The molecule has 1 aromatic carbocycles. The summed E-state index contributed by atoms with van der Waals surface area (Å²) in [7, 11) is 0. The third-order valence-corrected chi connectivity index (χ3v) is 3.04. The molecular weight excluding hydrogens is 269 g/mol. The number of amides is 1. The van der Waals surface area contributed by atoms with Crippen molar-refractivity contribution in [3.8, 4) is 0 Å². The van der Waals surface area contributed by atoms with Gasteiger partial charge in [-0.3, -0.25) is 4.79 Å². The maximum Gasteiger partial charge on any atom is 0.416 e. The molecular formula is C14H19F3N2O. The highest BCUT2D eigenvalue weighted by atomic mass is 19.4. The number of aryl methyl sites for hydroxylation is 1. The summed E-state index contributed by atoms with van der Waals surface area (Å²) in [6.45, 7) is 6.99. The molecule has 1 atom stereocenters. The number of alkyl halides is 3. The predicted octanol–water partition coefficient (Wildman–Crippen LogP) is 3.33. The van der Waals surface area contributed by atoms with E-state index in [0.29, 0.717) is 5.56 Å². The molecule has 1 unspecified atom stereocenters. The Morgan fingerprint density at radius 1 is 1.25 bits per heavy atom. The quantitative estimate of drug-likeness (QED) is 0.877. The van der Waals surface area contributed by atoms with Crippen LogP contribution in [0.4, 0.5) is 18.9 Å². The largest absolute Gasteiger partial charge is 0.416 e.